The zero-order valence-corrected chi connectivity index (χ0v) is 8.74. The van der Waals surface area contributed by atoms with Gasteiger partial charge in [0.2, 0.25) is 0 Å². The van der Waals surface area contributed by atoms with Gasteiger partial charge in [0, 0.05) is 6.54 Å². The van der Waals surface area contributed by atoms with Gasteiger partial charge in [-0.3, -0.25) is 0 Å². The van der Waals surface area contributed by atoms with Crippen molar-refractivity contribution >= 4 is 10.8 Å². The summed E-state index contributed by atoms with van der Waals surface area (Å²) in [6.07, 6.45) is 1.28. The lowest BCUT2D eigenvalue weighted by Crippen LogP contribution is -2.07. The van der Waals surface area contributed by atoms with E-state index in [9.17, 15) is 0 Å². The van der Waals surface area contributed by atoms with Crippen LogP contribution in [0.1, 0.15) is 17.9 Å². The van der Waals surface area contributed by atoms with Gasteiger partial charge >= 0.3 is 0 Å². The second-order valence-electron chi connectivity index (χ2n) is 4.30. The summed E-state index contributed by atoms with van der Waals surface area (Å²) in [7, 11) is 0. The van der Waals surface area contributed by atoms with E-state index in [-0.39, 0.29) is 0 Å². The van der Waals surface area contributed by atoms with E-state index < -0.39 is 0 Å². The molecule has 1 aliphatic rings. The molecule has 1 heterocycles. The largest absolute Gasteiger partial charge is 0.316 e. The molecule has 1 aliphatic heterocycles. The molecule has 1 atom stereocenters. The third kappa shape index (κ3) is 1.64. The second-order valence-corrected chi connectivity index (χ2v) is 4.30. The fraction of sp³-hybridized carbons (Fsp3) is 0.286. The van der Waals surface area contributed by atoms with Crippen molar-refractivity contribution in [3.8, 4) is 0 Å². The number of benzene rings is 2. The van der Waals surface area contributed by atoms with Gasteiger partial charge in [0.1, 0.15) is 0 Å². The first-order valence-electron chi connectivity index (χ1n) is 5.63. The fourth-order valence-electron chi connectivity index (χ4n) is 2.40. The van der Waals surface area contributed by atoms with Gasteiger partial charge in [-0.25, -0.2) is 0 Å². The minimum Gasteiger partial charge on any atom is -0.316 e. The van der Waals surface area contributed by atoms with Crippen LogP contribution in [0.25, 0.3) is 10.8 Å². The molecule has 3 rings (SSSR count). The first-order valence-corrected chi connectivity index (χ1v) is 5.63. The van der Waals surface area contributed by atoms with Crippen molar-refractivity contribution in [1.82, 2.24) is 5.32 Å². The lowest BCUT2D eigenvalue weighted by molar-refractivity contribution is 0.765. The maximum Gasteiger partial charge on any atom is 0.00206 e. The van der Waals surface area contributed by atoms with Gasteiger partial charge in [0.05, 0.1) is 0 Å². The van der Waals surface area contributed by atoms with Crippen molar-refractivity contribution in [2.75, 3.05) is 13.1 Å². The van der Waals surface area contributed by atoms with Crippen molar-refractivity contribution in [1.29, 1.82) is 0 Å². The van der Waals surface area contributed by atoms with E-state index in [1.54, 1.807) is 0 Å². The Balaban J connectivity index is 2.05. The van der Waals surface area contributed by atoms with Gasteiger partial charge in [-0.1, -0.05) is 42.5 Å². The Morgan fingerprint density at radius 1 is 1.00 bits per heavy atom. The average Bonchev–Trinajstić information content (AvgIpc) is 2.82. The van der Waals surface area contributed by atoms with Gasteiger partial charge in [-0.2, -0.15) is 0 Å². The molecule has 0 aliphatic carbocycles. The number of hydrogen-bond donors (Lipinski definition) is 1. The van der Waals surface area contributed by atoms with E-state index in [1.807, 2.05) is 0 Å². The summed E-state index contributed by atoms with van der Waals surface area (Å²) in [6, 6.07) is 15.4. The SMILES string of the molecule is c1ccc2cc(C3CCNC3)ccc2c1. The Kier molecular flexibility index (Phi) is 2.18. The van der Waals surface area contributed by atoms with Crippen LogP contribution in [0.5, 0.6) is 0 Å². The summed E-state index contributed by atoms with van der Waals surface area (Å²) in [5, 5.41) is 6.12. The Morgan fingerprint density at radius 2 is 1.87 bits per heavy atom. The lowest BCUT2D eigenvalue weighted by atomic mass is 9.96. The van der Waals surface area contributed by atoms with Crippen molar-refractivity contribution < 1.29 is 0 Å². The zero-order chi connectivity index (χ0) is 10.1. The molecule has 1 heteroatoms. The smallest absolute Gasteiger partial charge is 0.00206 e. The number of nitrogens with one attached hydrogen (secondary N) is 1. The highest BCUT2D eigenvalue weighted by Crippen LogP contribution is 2.25. The molecule has 0 bridgehead atoms. The van der Waals surface area contributed by atoms with E-state index in [2.05, 4.69) is 47.8 Å². The van der Waals surface area contributed by atoms with Gasteiger partial charge in [-0.05, 0) is 35.2 Å². The van der Waals surface area contributed by atoms with Crippen LogP contribution in [0, 0.1) is 0 Å². The predicted molar refractivity (Wildman–Crippen MR) is 64.2 cm³/mol. The highest BCUT2D eigenvalue weighted by atomic mass is 14.9. The normalized spacial score (nSPS) is 20.9. The highest BCUT2D eigenvalue weighted by molar-refractivity contribution is 5.83. The van der Waals surface area contributed by atoms with Crippen LogP contribution in [0.4, 0.5) is 0 Å². The van der Waals surface area contributed by atoms with Crippen molar-refractivity contribution in [2.24, 2.45) is 0 Å². The van der Waals surface area contributed by atoms with Gasteiger partial charge < -0.3 is 5.32 Å². The number of hydrogen-bond acceptors (Lipinski definition) is 1. The molecule has 2 aromatic rings. The van der Waals surface area contributed by atoms with E-state index in [0.29, 0.717) is 0 Å². The monoisotopic (exact) mass is 197 g/mol. The molecule has 2 aromatic carbocycles. The van der Waals surface area contributed by atoms with Crippen molar-refractivity contribution in [3.63, 3.8) is 0 Å². The molecule has 1 N–H and O–H groups in total. The molecule has 0 aromatic heterocycles. The van der Waals surface area contributed by atoms with Crippen LogP contribution in [-0.4, -0.2) is 13.1 Å². The Hall–Kier alpha value is -1.34. The minimum atomic E-state index is 0.717. The predicted octanol–water partition coefficient (Wildman–Crippen LogP) is 2.92. The maximum atomic E-state index is 3.42. The van der Waals surface area contributed by atoms with E-state index in [4.69, 9.17) is 0 Å². The summed E-state index contributed by atoms with van der Waals surface area (Å²) in [5.41, 5.74) is 1.48. The molecule has 1 nitrogen and oxygen atoms in total. The molecule has 0 radical (unpaired) electrons. The van der Waals surface area contributed by atoms with Gasteiger partial charge in [0.25, 0.3) is 0 Å². The van der Waals surface area contributed by atoms with E-state index in [1.165, 1.54) is 22.8 Å². The summed E-state index contributed by atoms with van der Waals surface area (Å²) >= 11 is 0. The quantitative estimate of drug-likeness (QED) is 0.741. The fourth-order valence-corrected chi connectivity index (χ4v) is 2.40. The number of rotatable bonds is 1. The molecule has 1 unspecified atom stereocenters. The standard InChI is InChI=1S/C14H15N/c1-2-4-12-9-13(6-5-11(12)3-1)14-7-8-15-10-14/h1-6,9,14-15H,7-8,10H2. The molecule has 1 saturated heterocycles. The molecule has 15 heavy (non-hydrogen) atoms. The van der Waals surface area contributed by atoms with Crippen LogP contribution in [0.2, 0.25) is 0 Å². The molecule has 1 fully saturated rings. The maximum absolute atomic E-state index is 3.42. The Labute approximate surface area is 90.1 Å². The first kappa shape index (κ1) is 8.93. The summed E-state index contributed by atoms with van der Waals surface area (Å²) in [5.74, 6) is 0.717. The topological polar surface area (TPSA) is 12.0 Å². The van der Waals surface area contributed by atoms with E-state index >= 15 is 0 Å². The van der Waals surface area contributed by atoms with Crippen molar-refractivity contribution in [3.05, 3.63) is 48.0 Å². The first-order chi connectivity index (χ1) is 7.43. The Bertz CT molecular complexity index is 469. The average molecular weight is 197 g/mol. The van der Waals surface area contributed by atoms with E-state index in [0.717, 1.165) is 19.0 Å². The van der Waals surface area contributed by atoms with Crippen molar-refractivity contribution in [2.45, 2.75) is 12.3 Å². The third-order valence-electron chi connectivity index (χ3n) is 3.31. The molecular weight excluding hydrogens is 182 g/mol. The highest BCUT2D eigenvalue weighted by Gasteiger charge is 2.16. The summed E-state index contributed by atoms with van der Waals surface area (Å²) < 4.78 is 0. The molecule has 76 valence electrons. The minimum absolute atomic E-state index is 0.717. The lowest BCUT2D eigenvalue weighted by Gasteiger charge is -2.09. The molecule has 0 spiro atoms. The molecule has 0 amide bonds. The third-order valence-corrected chi connectivity index (χ3v) is 3.31. The summed E-state index contributed by atoms with van der Waals surface area (Å²) in [6.45, 7) is 2.30. The Morgan fingerprint density at radius 3 is 2.67 bits per heavy atom. The van der Waals surface area contributed by atoms with Crippen LogP contribution in [0.3, 0.4) is 0 Å². The van der Waals surface area contributed by atoms with Crippen LogP contribution in [-0.2, 0) is 0 Å². The molecular formula is C14H15N. The van der Waals surface area contributed by atoms with Gasteiger partial charge in [-0.15, -0.1) is 0 Å². The van der Waals surface area contributed by atoms with Crippen LogP contribution >= 0.6 is 0 Å². The van der Waals surface area contributed by atoms with Crippen LogP contribution in [0.15, 0.2) is 42.5 Å². The number of fused-ring (bicyclic) bond motifs is 1. The van der Waals surface area contributed by atoms with Gasteiger partial charge in [0.15, 0.2) is 0 Å². The summed E-state index contributed by atoms with van der Waals surface area (Å²) in [4.78, 5) is 0. The zero-order valence-electron chi connectivity index (χ0n) is 8.74. The second kappa shape index (κ2) is 3.67. The van der Waals surface area contributed by atoms with Crippen LogP contribution < -0.4 is 5.32 Å². The molecule has 0 saturated carbocycles.